The Balaban J connectivity index is 1.77. The summed E-state index contributed by atoms with van der Waals surface area (Å²) in [6, 6.07) is 9.84. The quantitative estimate of drug-likeness (QED) is 0.688. The van der Waals surface area contributed by atoms with Crippen LogP contribution in [0.15, 0.2) is 36.5 Å². The topological polar surface area (TPSA) is 63.4 Å². The number of carbonyl (C=O) groups excluding carboxylic acids is 1. The molecule has 0 aliphatic carbocycles. The fraction of sp³-hybridized carbons (Fsp3) is 0.250. The smallest absolute Gasteiger partial charge is 0.298 e. The number of aromatic nitrogens is 4. The molecule has 1 aromatic carbocycles. The van der Waals surface area contributed by atoms with Gasteiger partial charge in [-0.2, -0.15) is 4.98 Å². The normalized spacial score (nSPS) is 14.1. The summed E-state index contributed by atoms with van der Waals surface area (Å²) in [5.74, 6) is 0.476. The van der Waals surface area contributed by atoms with E-state index in [9.17, 15) is 4.79 Å². The van der Waals surface area contributed by atoms with E-state index in [-0.39, 0.29) is 11.7 Å². The van der Waals surface area contributed by atoms with Crippen LogP contribution >= 0.6 is 0 Å². The third-order valence-corrected chi connectivity index (χ3v) is 3.98. The maximum absolute atomic E-state index is 12.8. The molecule has 0 atom stereocenters. The Morgan fingerprint density at radius 1 is 1.23 bits per heavy atom. The van der Waals surface area contributed by atoms with Gasteiger partial charge >= 0.3 is 0 Å². The minimum Gasteiger partial charge on any atom is -0.305 e. The molecule has 0 radical (unpaired) electrons. The predicted octanol–water partition coefficient (Wildman–Crippen LogP) is 2.03. The molecule has 3 aromatic rings. The van der Waals surface area contributed by atoms with Crippen LogP contribution in [0.25, 0.3) is 5.78 Å². The van der Waals surface area contributed by atoms with Gasteiger partial charge in [0.15, 0.2) is 0 Å². The molecular formula is C16H15N5O. The monoisotopic (exact) mass is 293 g/mol. The van der Waals surface area contributed by atoms with E-state index in [1.165, 1.54) is 5.56 Å². The number of nitrogens with zero attached hydrogens (tertiary/aromatic N) is 5. The van der Waals surface area contributed by atoms with Crippen LogP contribution in [0.5, 0.6) is 0 Å². The van der Waals surface area contributed by atoms with Gasteiger partial charge < -0.3 is 4.90 Å². The van der Waals surface area contributed by atoms with Gasteiger partial charge in [-0.05, 0) is 37.5 Å². The van der Waals surface area contributed by atoms with E-state index < -0.39 is 0 Å². The Morgan fingerprint density at radius 2 is 2.09 bits per heavy atom. The van der Waals surface area contributed by atoms with Gasteiger partial charge in [0.05, 0.1) is 0 Å². The van der Waals surface area contributed by atoms with Crippen LogP contribution in [0.3, 0.4) is 0 Å². The summed E-state index contributed by atoms with van der Waals surface area (Å²) in [5, 5.41) is 4.31. The van der Waals surface area contributed by atoms with Gasteiger partial charge in [0.25, 0.3) is 11.7 Å². The highest BCUT2D eigenvalue weighted by atomic mass is 16.2. The Labute approximate surface area is 127 Å². The SMILES string of the molecule is Cc1ccnc2nc(C(=O)N3CCCc4ccccc43)nn12. The standard InChI is InChI=1S/C16H15N5O/c1-11-8-9-17-16-18-14(19-21(11)16)15(22)20-10-4-6-12-5-2-3-7-13(12)20/h2-3,5,7-9H,4,6,10H2,1H3. The highest BCUT2D eigenvalue weighted by Gasteiger charge is 2.26. The molecular weight excluding hydrogens is 278 g/mol. The van der Waals surface area contributed by atoms with Crippen molar-refractivity contribution < 1.29 is 4.79 Å². The Kier molecular flexibility index (Phi) is 2.89. The molecule has 2 aromatic heterocycles. The van der Waals surface area contributed by atoms with E-state index >= 15 is 0 Å². The molecule has 0 unspecified atom stereocenters. The largest absolute Gasteiger partial charge is 0.305 e. The van der Waals surface area contributed by atoms with Crippen molar-refractivity contribution >= 4 is 17.4 Å². The molecule has 110 valence electrons. The molecule has 0 saturated carbocycles. The van der Waals surface area contributed by atoms with Crippen molar-refractivity contribution in [3.8, 4) is 0 Å². The van der Waals surface area contributed by atoms with Gasteiger partial charge in [0.2, 0.25) is 5.82 Å². The minimum absolute atomic E-state index is 0.169. The lowest BCUT2D eigenvalue weighted by molar-refractivity contribution is 0.0975. The summed E-state index contributed by atoms with van der Waals surface area (Å²) < 4.78 is 1.60. The molecule has 1 aliphatic heterocycles. The fourth-order valence-electron chi connectivity index (χ4n) is 2.86. The Bertz CT molecular complexity index is 870. The Hall–Kier alpha value is -2.76. The Morgan fingerprint density at radius 3 is 2.95 bits per heavy atom. The van der Waals surface area contributed by atoms with Crippen LogP contribution in [0.4, 0.5) is 5.69 Å². The molecule has 1 aliphatic rings. The molecule has 0 saturated heterocycles. The van der Waals surface area contributed by atoms with Crippen LogP contribution in [0.2, 0.25) is 0 Å². The predicted molar refractivity (Wildman–Crippen MR) is 82.0 cm³/mol. The number of amides is 1. The maximum Gasteiger partial charge on any atom is 0.298 e. The molecule has 6 heteroatoms. The zero-order valence-electron chi connectivity index (χ0n) is 12.2. The first kappa shape index (κ1) is 12.9. The number of rotatable bonds is 1. The highest BCUT2D eigenvalue weighted by Crippen LogP contribution is 2.27. The first-order valence-corrected chi connectivity index (χ1v) is 7.32. The number of carbonyl (C=O) groups is 1. The lowest BCUT2D eigenvalue weighted by Crippen LogP contribution is -2.36. The van der Waals surface area contributed by atoms with E-state index in [4.69, 9.17) is 0 Å². The summed E-state index contributed by atoms with van der Waals surface area (Å²) in [7, 11) is 0. The summed E-state index contributed by atoms with van der Waals surface area (Å²) in [6.07, 6.45) is 3.62. The first-order valence-electron chi connectivity index (χ1n) is 7.32. The summed E-state index contributed by atoms with van der Waals surface area (Å²) in [5.41, 5.74) is 3.05. The first-order chi connectivity index (χ1) is 10.7. The van der Waals surface area contributed by atoms with Gasteiger partial charge in [0, 0.05) is 24.1 Å². The number of hydrogen-bond acceptors (Lipinski definition) is 4. The van der Waals surface area contributed by atoms with Crippen molar-refractivity contribution in [3.05, 3.63) is 53.6 Å². The number of hydrogen-bond donors (Lipinski definition) is 0. The highest BCUT2D eigenvalue weighted by molar-refractivity contribution is 6.04. The van der Waals surface area contributed by atoms with Crippen molar-refractivity contribution in [2.75, 3.05) is 11.4 Å². The van der Waals surface area contributed by atoms with Crippen LogP contribution in [0, 0.1) is 6.92 Å². The number of para-hydroxylation sites is 1. The molecule has 0 fully saturated rings. The molecule has 0 bridgehead atoms. The number of anilines is 1. The van der Waals surface area contributed by atoms with E-state index in [0.29, 0.717) is 12.3 Å². The average Bonchev–Trinajstić information content (AvgIpc) is 2.99. The van der Waals surface area contributed by atoms with Crippen molar-refractivity contribution in [2.45, 2.75) is 19.8 Å². The van der Waals surface area contributed by atoms with Crippen LogP contribution < -0.4 is 4.90 Å². The van der Waals surface area contributed by atoms with E-state index in [1.54, 1.807) is 15.6 Å². The third-order valence-electron chi connectivity index (χ3n) is 3.98. The van der Waals surface area contributed by atoms with E-state index in [1.807, 2.05) is 31.2 Å². The van der Waals surface area contributed by atoms with Gasteiger partial charge in [0.1, 0.15) is 0 Å². The van der Waals surface area contributed by atoms with Crippen LogP contribution in [-0.4, -0.2) is 32.0 Å². The third kappa shape index (κ3) is 1.95. The summed E-state index contributed by atoms with van der Waals surface area (Å²) >= 11 is 0. The summed E-state index contributed by atoms with van der Waals surface area (Å²) in [6.45, 7) is 2.60. The van der Waals surface area contributed by atoms with Gasteiger partial charge in [-0.1, -0.05) is 18.2 Å². The second-order valence-corrected chi connectivity index (χ2v) is 5.42. The zero-order valence-corrected chi connectivity index (χ0v) is 12.2. The lowest BCUT2D eigenvalue weighted by atomic mass is 10.0. The summed E-state index contributed by atoms with van der Waals surface area (Å²) in [4.78, 5) is 23.0. The van der Waals surface area contributed by atoms with Crippen molar-refractivity contribution in [1.82, 2.24) is 19.6 Å². The van der Waals surface area contributed by atoms with Crippen molar-refractivity contribution in [1.29, 1.82) is 0 Å². The molecule has 0 spiro atoms. The van der Waals surface area contributed by atoms with Gasteiger partial charge in [-0.25, -0.2) is 9.50 Å². The number of benzene rings is 1. The second kappa shape index (κ2) is 4.91. The fourth-order valence-corrected chi connectivity index (χ4v) is 2.86. The second-order valence-electron chi connectivity index (χ2n) is 5.42. The average molecular weight is 293 g/mol. The lowest BCUT2D eigenvalue weighted by Gasteiger charge is -2.28. The molecule has 0 N–H and O–H groups in total. The molecule has 1 amide bonds. The van der Waals surface area contributed by atoms with Crippen molar-refractivity contribution in [3.63, 3.8) is 0 Å². The van der Waals surface area contributed by atoms with E-state index in [0.717, 1.165) is 24.2 Å². The molecule has 3 heterocycles. The number of fused-ring (bicyclic) bond motifs is 2. The van der Waals surface area contributed by atoms with Crippen LogP contribution in [0.1, 0.15) is 28.3 Å². The van der Waals surface area contributed by atoms with Crippen LogP contribution in [-0.2, 0) is 6.42 Å². The maximum atomic E-state index is 12.8. The van der Waals surface area contributed by atoms with Gasteiger partial charge in [-0.3, -0.25) is 4.79 Å². The molecule has 6 nitrogen and oxygen atoms in total. The van der Waals surface area contributed by atoms with Crippen molar-refractivity contribution in [2.24, 2.45) is 0 Å². The number of aryl methyl sites for hydroxylation is 2. The van der Waals surface area contributed by atoms with E-state index in [2.05, 4.69) is 21.1 Å². The molecule has 4 rings (SSSR count). The minimum atomic E-state index is -0.169. The van der Waals surface area contributed by atoms with Gasteiger partial charge in [-0.15, -0.1) is 5.10 Å². The zero-order chi connectivity index (χ0) is 15.1. The molecule has 22 heavy (non-hydrogen) atoms.